The van der Waals surface area contributed by atoms with Gasteiger partial charge in [0.15, 0.2) is 5.79 Å². The van der Waals surface area contributed by atoms with Gasteiger partial charge < -0.3 is 4.74 Å². The predicted molar refractivity (Wildman–Crippen MR) is 47.2 cm³/mol. The highest BCUT2D eigenvalue weighted by atomic mass is 16.5. The number of hydrazine groups is 1. The number of nitrogens with two attached hydrogens (primary N) is 1. The van der Waals surface area contributed by atoms with Crippen LogP contribution in [0.5, 0.6) is 0 Å². The average Bonchev–Trinajstić information content (AvgIpc) is 2.05. The molecule has 1 heterocycles. The van der Waals surface area contributed by atoms with Crippen LogP contribution in [0.25, 0.3) is 0 Å². The Morgan fingerprint density at radius 1 is 1.58 bits per heavy atom. The normalized spacial score (nSPS) is 32.8. The van der Waals surface area contributed by atoms with Crippen molar-refractivity contribution < 1.29 is 4.74 Å². The van der Waals surface area contributed by atoms with Gasteiger partial charge in [-0.15, -0.1) is 0 Å². The molecule has 0 aromatic carbocycles. The van der Waals surface area contributed by atoms with Crippen molar-refractivity contribution in [3.05, 3.63) is 0 Å². The Labute approximate surface area is 73.4 Å². The van der Waals surface area contributed by atoms with Crippen LogP contribution >= 0.6 is 0 Å². The molecule has 5 heteroatoms. The summed E-state index contributed by atoms with van der Waals surface area (Å²) in [4.78, 5) is 0. The summed E-state index contributed by atoms with van der Waals surface area (Å²) in [5, 5.41) is 7.09. The number of nitrogens with one attached hydrogen (secondary N) is 1. The minimum Gasteiger partial charge on any atom is -0.375 e. The monoisotopic (exact) mass is 174 g/mol. The van der Waals surface area contributed by atoms with Gasteiger partial charge in [0.25, 0.3) is 0 Å². The zero-order chi connectivity index (χ0) is 9.19. The number of hydrogen-bond acceptors (Lipinski definition) is 5. The van der Waals surface area contributed by atoms with Gasteiger partial charge in [-0.1, -0.05) is 0 Å². The van der Waals surface area contributed by atoms with Crippen LogP contribution in [-0.4, -0.2) is 56.7 Å². The summed E-state index contributed by atoms with van der Waals surface area (Å²) in [7, 11) is 5.79. The maximum Gasteiger partial charge on any atom is 0.160 e. The van der Waals surface area contributed by atoms with Gasteiger partial charge in [-0.25, -0.2) is 10.0 Å². The van der Waals surface area contributed by atoms with Crippen LogP contribution in [0.15, 0.2) is 0 Å². The van der Waals surface area contributed by atoms with Gasteiger partial charge in [-0.2, -0.15) is 0 Å². The molecule has 1 fully saturated rings. The first-order valence-corrected chi connectivity index (χ1v) is 4.10. The summed E-state index contributed by atoms with van der Waals surface area (Å²) in [5.74, 6) is -0.554. The largest absolute Gasteiger partial charge is 0.375 e. The van der Waals surface area contributed by atoms with Crippen LogP contribution in [0, 0.1) is 0 Å². The molecule has 1 atom stereocenters. The van der Waals surface area contributed by atoms with Crippen LogP contribution in [0.3, 0.4) is 0 Å². The lowest BCUT2D eigenvalue weighted by molar-refractivity contribution is -0.167. The lowest BCUT2D eigenvalue weighted by atomic mass is 10.3. The molecule has 5 nitrogen and oxygen atoms in total. The van der Waals surface area contributed by atoms with E-state index in [2.05, 4.69) is 10.3 Å². The fraction of sp³-hybridized carbons (Fsp3) is 1.00. The van der Waals surface area contributed by atoms with Crippen molar-refractivity contribution >= 4 is 0 Å². The maximum absolute atomic E-state index is 6.05. The Balaban J connectivity index is 2.66. The lowest BCUT2D eigenvalue weighted by Crippen LogP contribution is -2.72. The number of rotatable bonds is 2. The standard InChI is InChI=1S/C7H18N4O/c1-9-7(8)6-12-5-4-11(7)10(2)3/h9H,4-6,8H2,1-3H3. The van der Waals surface area contributed by atoms with Gasteiger partial charge in [-0.3, -0.25) is 11.1 Å². The molecule has 3 N–H and O–H groups in total. The van der Waals surface area contributed by atoms with Crippen molar-refractivity contribution in [2.24, 2.45) is 5.73 Å². The molecule has 1 aliphatic rings. The first-order valence-electron chi connectivity index (χ1n) is 4.10. The molecule has 0 bridgehead atoms. The predicted octanol–water partition coefficient (Wildman–Crippen LogP) is -1.37. The topological polar surface area (TPSA) is 53.8 Å². The summed E-state index contributed by atoms with van der Waals surface area (Å²) in [6, 6.07) is 0. The van der Waals surface area contributed by atoms with Crippen LogP contribution < -0.4 is 11.1 Å². The molecule has 0 aromatic heterocycles. The van der Waals surface area contributed by atoms with Gasteiger partial charge in [0, 0.05) is 20.6 Å². The molecule has 12 heavy (non-hydrogen) atoms. The second kappa shape index (κ2) is 3.68. The van der Waals surface area contributed by atoms with Crippen LogP contribution in [-0.2, 0) is 4.74 Å². The Kier molecular flexibility index (Phi) is 3.03. The van der Waals surface area contributed by atoms with Crippen molar-refractivity contribution in [1.29, 1.82) is 0 Å². The van der Waals surface area contributed by atoms with E-state index < -0.39 is 5.79 Å². The highest BCUT2D eigenvalue weighted by Crippen LogP contribution is 2.11. The second-order valence-corrected chi connectivity index (χ2v) is 3.20. The Hall–Kier alpha value is -0.200. The average molecular weight is 174 g/mol. The van der Waals surface area contributed by atoms with Crippen molar-refractivity contribution in [3.63, 3.8) is 0 Å². The van der Waals surface area contributed by atoms with Crippen molar-refractivity contribution in [2.45, 2.75) is 5.79 Å². The van der Waals surface area contributed by atoms with E-state index in [1.165, 1.54) is 0 Å². The molecule has 72 valence electrons. The molecule has 1 saturated heterocycles. The molecule has 1 rings (SSSR count). The second-order valence-electron chi connectivity index (χ2n) is 3.20. The minimum absolute atomic E-state index is 0.516. The number of nitrogens with zero attached hydrogens (tertiary/aromatic N) is 2. The summed E-state index contributed by atoms with van der Waals surface area (Å²) in [5.41, 5.74) is 6.05. The summed E-state index contributed by atoms with van der Waals surface area (Å²) in [6.07, 6.45) is 0. The van der Waals surface area contributed by atoms with E-state index in [-0.39, 0.29) is 0 Å². The van der Waals surface area contributed by atoms with Gasteiger partial charge in [0.2, 0.25) is 0 Å². The van der Waals surface area contributed by atoms with E-state index in [4.69, 9.17) is 10.5 Å². The van der Waals surface area contributed by atoms with Crippen LogP contribution in [0.4, 0.5) is 0 Å². The SMILES string of the molecule is CNC1(N)COCCN1N(C)C. The maximum atomic E-state index is 6.05. The van der Waals surface area contributed by atoms with Crippen LogP contribution in [0.2, 0.25) is 0 Å². The molecule has 0 amide bonds. The van der Waals surface area contributed by atoms with E-state index >= 15 is 0 Å². The number of ether oxygens (including phenoxy) is 1. The van der Waals surface area contributed by atoms with Gasteiger partial charge in [0.05, 0.1) is 13.2 Å². The smallest absolute Gasteiger partial charge is 0.160 e. The highest BCUT2D eigenvalue weighted by Gasteiger charge is 2.35. The fourth-order valence-corrected chi connectivity index (χ4v) is 1.41. The first-order chi connectivity index (χ1) is 5.60. The summed E-state index contributed by atoms with van der Waals surface area (Å²) < 4.78 is 5.30. The summed E-state index contributed by atoms with van der Waals surface area (Å²) in [6.45, 7) is 2.07. The first kappa shape index (κ1) is 9.88. The van der Waals surface area contributed by atoms with Crippen molar-refractivity contribution in [2.75, 3.05) is 40.9 Å². The highest BCUT2D eigenvalue weighted by molar-refractivity contribution is 4.81. The third-order valence-electron chi connectivity index (χ3n) is 2.15. The quantitative estimate of drug-likeness (QED) is 0.506. The summed E-state index contributed by atoms with van der Waals surface area (Å²) >= 11 is 0. The van der Waals surface area contributed by atoms with Gasteiger partial charge in [-0.05, 0) is 7.05 Å². The number of likely N-dealkylation sites (N-methyl/N-ethyl adjacent to an activating group) is 1. The molecule has 0 spiro atoms. The third-order valence-corrected chi connectivity index (χ3v) is 2.15. The molecule has 0 aliphatic carbocycles. The molecule has 1 aliphatic heterocycles. The zero-order valence-corrected chi connectivity index (χ0v) is 8.00. The molecule has 0 radical (unpaired) electrons. The van der Waals surface area contributed by atoms with Gasteiger partial charge >= 0.3 is 0 Å². The minimum atomic E-state index is -0.554. The van der Waals surface area contributed by atoms with E-state index in [1.807, 2.05) is 26.2 Å². The van der Waals surface area contributed by atoms with E-state index in [0.717, 1.165) is 13.2 Å². The molecule has 0 saturated carbocycles. The van der Waals surface area contributed by atoms with E-state index in [1.54, 1.807) is 0 Å². The molecule has 0 aromatic rings. The van der Waals surface area contributed by atoms with Crippen molar-refractivity contribution in [1.82, 2.24) is 15.3 Å². The zero-order valence-electron chi connectivity index (χ0n) is 8.00. The number of hydrogen-bond donors (Lipinski definition) is 2. The Morgan fingerprint density at radius 2 is 2.25 bits per heavy atom. The molecular weight excluding hydrogens is 156 g/mol. The van der Waals surface area contributed by atoms with Gasteiger partial charge in [0.1, 0.15) is 0 Å². The van der Waals surface area contributed by atoms with Crippen LogP contribution in [0.1, 0.15) is 0 Å². The molecular formula is C7H18N4O. The van der Waals surface area contributed by atoms with Crippen molar-refractivity contribution in [3.8, 4) is 0 Å². The number of morpholine rings is 1. The fourth-order valence-electron chi connectivity index (χ4n) is 1.41. The third kappa shape index (κ3) is 1.75. The Morgan fingerprint density at radius 3 is 2.67 bits per heavy atom. The van der Waals surface area contributed by atoms with E-state index in [9.17, 15) is 0 Å². The Bertz CT molecular complexity index is 152. The van der Waals surface area contributed by atoms with E-state index in [0.29, 0.717) is 6.61 Å². The lowest BCUT2D eigenvalue weighted by Gasteiger charge is -2.46. The molecule has 1 unspecified atom stereocenters.